The highest BCUT2D eigenvalue weighted by atomic mass is 16.5. The van der Waals surface area contributed by atoms with E-state index in [9.17, 15) is 9.90 Å². The standard InChI is InChI=1S/C27H29N5O3/c1-27(2)13-21(33)20(22(34)14-27)15-28-24-23(17-9-11-19(35-3)12-10-17)31-26-29-16-30-32(26)25(24)18-7-5-4-6-8-18/h4-12,15-16,23-25,33H,13-14H2,1-3H3,(H,29,30,31)/t23-,24+,25-/m0/s1. The van der Waals surface area contributed by atoms with Crippen LogP contribution in [0.15, 0.2) is 77.2 Å². The van der Waals surface area contributed by atoms with E-state index in [0.717, 1.165) is 16.9 Å². The van der Waals surface area contributed by atoms with Crippen LogP contribution in [0.1, 0.15) is 49.9 Å². The number of rotatable bonds is 5. The Kier molecular flexibility index (Phi) is 5.88. The second-order valence-corrected chi connectivity index (χ2v) is 9.85. The summed E-state index contributed by atoms with van der Waals surface area (Å²) in [5.41, 5.74) is 2.04. The first-order valence-electron chi connectivity index (χ1n) is 11.7. The Morgan fingerprint density at radius 2 is 1.86 bits per heavy atom. The number of aliphatic hydroxyl groups excluding tert-OH is 1. The number of fused-ring (bicyclic) bond motifs is 1. The highest BCUT2D eigenvalue weighted by molar-refractivity contribution is 6.14. The zero-order chi connectivity index (χ0) is 24.6. The number of benzene rings is 2. The van der Waals surface area contributed by atoms with Crippen LogP contribution in [0.2, 0.25) is 0 Å². The number of aromatic nitrogens is 3. The Bertz CT molecular complexity index is 1280. The van der Waals surface area contributed by atoms with Crippen LogP contribution >= 0.6 is 0 Å². The van der Waals surface area contributed by atoms with Crippen molar-refractivity contribution in [2.75, 3.05) is 12.4 Å². The van der Waals surface area contributed by atoms with Crippen LogP contribution < -0.4 is 10.1 Å². The van der Waals surface area contributed by atoms with Crippen molar-refractivity contribution in [3.05, 3.63) is 83.4 Å². The molecule has 2 N–H and O–H groups in total. The Balaban J connectivity index is 1.61. The molecule has 0 saturated heterocycles. The fourth-order valence-electron chi connectivity index (χ4n) is 4.97. The summed E-state index contributed by atoms with van der Waals surface area (Å²) in [7, 11) is 1.64. The van der Waals surface area contributed by atoms with Crippen molar-refractivity contribution in [2.45, 2.75) is 44.8 Å². The Labute approximate surface area is 204 Å². The summed E-state index contributed by atoms with van der Waals surface area (Å²) in [5, 5.41) is 18.6. The van der Waals surface area contributed by atoms with Crippen LogP contribution in [0.5, 0.6) is 5.75 Å². The van der Waals surface area contributed by atoms with Crippen molar-refractivity contribution in [3.63, 3.8) is 0 Å². The molecule has 2 aliphatic rings. The number of nitrogens with one attached hydrogen (secondary N) is 1. The highest BCUT2D eigenvalue weighted by Gasteiger charge is 2.40. The molecule has 0 radical (unpaired) electrons. The third-order valence-corrected chi connectivity index (χ3v) is 6.67. The molecule has 2 heterocycles. The van der Waals surface area contributed by atoms with Gasteiger partial charge in [0.1, 0.15) is 29.9 Å². The lowest BCUT2D eigenvalue weighted by molar-refractivity contribution is -0.117. The molecular weight excluding hydrogens is 442 g/mol. The molecule has 8 heteroatoms. The predicted octanol–water partition coefficient (Wildman–Crippen LogP) is 4.68. The summed E-state index contributed by atoms with van der Waals surface area (Å²) in [6, 6.07) is 17.0. The number of carbonyl (C=O) groups is 1. The molecule has 3 atom stereocenters. The summed E-state index contributed by atoms with van der Waals surface area (Å²) in [6.45, 7) is 3.97. The molecular formula is C27H29N5O3. The quantitative estimate of drug-likeness (QED) is 0.524. The maximum Gasteiger partial charge on any atom is 0.222 e. The minimum absolute atomic E-state index is 0.0926. The number of ether oxygens (including phenoxy) is 1. The Morgan fingerprint density at radius 3 is 2.54 bits per heavy atom. The van der Waals surface area contributed by atoms with Crippen LogP contribution in [0, 0.1) is 5.41 Å². The van der Waals surface area contributed by atoms with E-state index >= 15 is 0 Å². The van der Waals surface area contributed by atoms with Gasteiger partial charge in [-0.15, -0.1) is 0 Å². The van der Waals surface area contributed by atoms with Gasteiger partial charge in [-0.2, -0.15) is 10.1 Å². The average Bonchev–Trinajstić information content (AvgIpc) is 3.31. The lowest BCUT2D eigenvalue weighted by Crippen LogP contribution is -2.40. The average molecular weight is 472 g/mol. The van der Waals surface area contributed by atoms with Crippen molar-refractivity contribution in [1.29, 1.82) is 0 Å². The van der Waals surface area contributed by atoms with Gasteiger partial charge in [-0.05, 0) is 28.7 Å². The molecule has 180 valence electrons. The van der Waals surface area contributed by atoms with Gasteiger partial charge in [0.15, 0.2) is 5.78 Å². The zero-order valence-electron chi connectivity index (χ0n) is 20.0. The van der Waals surface area contributed by atoms with Crippen molar-refractivity contribution in [2.24, 2.45) is 10.4 Å². The molecule has 8 nitrogen and oxygen atoms in total. The number of methoxy groups -OCH3 is 1. The molecule has 1 aliphatic heterocycles. The maximum absolute atomic E-state index is 12.9. The van der Waals surface area contributed by atoms with Gasteiger partial charge in [0.05, 0.1) is 18.7 Å². The second-order valence-electron chi connectivity index (χ2n) is 9.85. The fourth-order valence-corrected chi connectivity index (χ4v) is 4.97. The number of Topliss-reactive ketones (excluding diaryl/α,β-unsaturated/α-hetero) is 1. The first-order valence-corrected chi connectivity index (χ1v) is 11.7. The van der Waals surface area contributed by atoms with Crippen molar-refractivity contribution in [1.82, 2.24) is 14.8 Å². The number of hydrogen-bond acceptors (Lipinski definition) is 7. The highest BCUT2D eigenvalue weighted by Crippen LogP contribution is 2.41. The number of hydrogen-bond donors (Lipinski definition) is 2. The number of aliphatic imine (C=N–C) groups is 1. The molecule has 2 aromatic carbocycles. The van der Waals surface area contributed by atoms with Gasteiger partial charge < -0.3 is 15.2 Å². The number of ketones is 1. The molecule has 5 rings (SSSR count). The number of nitrogens with zero attached hydrogens (tertiary/aromatic N) is 4. The van der Waals surface area contributed by atoms with E-state index in [2.05, 4.69) is 15.4 Å². The number of carbonyl (C=O) groups excluding carboxylic acids is 1. The van der Waals surface area contributed by atoms with Crippen LogP contribution in [0.4, 0.5) is 5.95 Å². The molecule has 35 heavy (non-hydrogen) atoms. The molecule has 0 bridgehead atoms. The van der Waals surface area contributed by atoms with E-state index < -0.39 is 0 Å². The van der Waals surface area contributed by atoms with Gasteiger partial charge in [0, 0.05) is 19.1 Å². The van der Waals surface area contributed by atoms with E-state index in [1.807, 2.05) is 73.1 Å². The smallest absolute Gasteiger partial charge is 0.222 e. The van der Waals surface area contributed by atoms with E-state index in [1.54, 1.807) is 13.3 Å². The molecule has 0 spiro atoms. The molecule has 1 aliphatic carbocycles. The normalized spacial score (nSPS) is 23.7. The summed E-state index contributed by atoms with van der Waals surface area (Å²) in [6.07, 6.45) is 3.89. The van der Waals surface area contributed by atoms with Crippen molar-refractivity contribution >= 4 is 17.9 Å². The van der Waals surface area contributed by atoms with Crippen molar-refractivity contribution < 1.29 is 14.6 Å². The summed E-state index contributed by atoms with van der Waals surface area (Å²) >= 11 is 0. The van der Waals surface area contributed by atoms with Gasteiger partial charge >= 0.3 is 0 Å². The minimum Gasteiger partial charge on any atom is -0.511 e. The van der Waals surface area contributed by atoms with Gasteiger partial charge in [0.2, 0.25) is 5.95 Å². The molecule has 3 aromatic rings. The first kappa shape index (κ1) is 22.8. The van der Waals surface area contributed by atoms with Crippen LogP contribution in [-0.2, 0) is 4.79 Å². The Hall–Kier alpha value is -3.94. The second kappa shape index (κ2) is 9.02. The summed E-state index contributed by atoms with van der Waals surface area (Å²) in [4.78, 5) is 22.2. The van der Waals surface area contributed by atoms with E-state index in [4.69, 9.17) is 9.73 Å². The van der Waals surface area contributed by atoms with E-state index in [0.29, 0.717) is 18.8 Å². The third-order valence-electron chi connectivity index (χ3n) is 6.67. The fraction of sp³-hybridized carbons (Fsp3) is 0.333. The molecule has 0 unspecified atom stereocenters. The lowest BCUT2D eigenvalue weighted by Gasteiger charge is -2.37. The number of aliphatic hydroxyl groups is 1. The monoisotopic (exact) mass is 471 g/mol. The van der Waals surface area contributed by atoms with Gasteiger partial charge in [-0.25, -0.2) is 4.68 Å². The van der Waals surface area contributed by atoms with Crippen LogP contribution in [-0.4, -0.2) is 45.0 Å². The maximum atomic E-state index is 12.9. The zero-order valence-corrected chi connectivity index (χ0v) is 20.0. The summed E-state index contributed by atoms with van der Waals surface area (Å²) < 4.78 is 7.17. The summed E-state index contributed by atoms with van der Waals surface area (Å²) in [5.74, 6) is 1.41. The van der Waals surface area contributed by atoms with Crippen LogP contribution in [0.25, 0.3) is 0 Å². The first-order chi connectivity index (χ1) is 16.9. The topological polar surface area (TPSA) is 102 Å². The van der Waals surface area contributed by atoms with Gasteiger partial charge in [0.25, 0.3) is 0 Å². The number of allylic oxidation sites excluding steroid dienone is 2. The van der Waals surface area contributed by atoms with Crippen molar-refractivity contribution in [3.8, 4) is 5.75 Å². The Morgan fingerprint density at radius 1 is 1.11 bits per heavy atom. The third kappa shape index (κ3) is 4.43. The van der Waals surface area contributed by atoms with E-state index in [1.165, 1.54) is 6.33 Å². The molecule has 0 amide bonds. The van der Waals surface area contributed by atoms with Gasteiger partial charge in [-0.3, -0.25) is 9.79 Å². The van der Waals surface area contributed by atoms with Gasteiger partial charge in [-0.1, -0.05) is 56.3 Å². The number of anilines is 1. The van der Waals surface area contributed by atoms with Crippen LogP contribution in [0.3, 0.4) is 0 Å². The minimum atomic E-state index is -0.372. The largest absolute Gasteiger partial charge is 0.511 e. The van der Waals surface area contributed by atoms with E-state index in [-0.39, 0.29) is 40.7 Å². The molecule has 1 aromatic heterocycles. The molecule has 0 saturated carbocycles. The SMILES string of the molecule is COc1ccc([C@@H]2Nc3ncnn3[C@@H](c3ccccc3)[C@@H]2N=CC2=C(O)CC(C)(C)CC2=O)cc1. The lowest BCUT2D eigenvalue weighted by atomic mass is 9.77. The predicted molar refractivity (Wildman–Crippen MR) is 134 cm³/mol. The molecule has 0 fully saturated rings.